The van der Waals surface area contributed by atoms with E-state index in [-0.39, 0.29) is 23.9 Å². The fourth-order valence-electron chi connectivity index (χ4n) is 4.02. The van der Waals surface area contributed by atoms with Crippen molar-refractivity contribution < 1.29 is 14.1 Å². The molecule has 2 aromatic heterocycles. The number of aromatic nitrogens is 3. The van der Waals surface area contributed by atoms with Crippen molar-refractivity contribution in [2.24, 2.45) is 13.0 Å². The van der Waals surface area contributed by atoms with Crippen LogP contribution in [-0.2, 0) is 16.6 Å². The SMILES string of the molecule is CC(C)CC(=O)N1CCCC1C(=O)NC(C)c1ccc(-c2cc(Cl)nn2C)cc1.c1cnoc1. The Bertz CT molecular complexity index is 1050. The van der Waals surface area contributed by atoms with Gasteiger partial charge in [0.1, 0.15) is 12.3 Å². The molecular formula is C25H32ClN5O3. The Balaban J connectivity index is 0.000000574. The molecule has 4 rings (SSSR count). The van der Waals surface area contributed by atoms with Gasteiger partial charge in [0, 0.05) is 26.1 Å². The lowest BCUT2D eigenvalue weighted by atomic mass is 10.0. The van der Waals surface area contributed by atoms with E-state index in [4.69, 9.17) is 11.6 Å². The zero-order chi connectivity index (χ0) is 24.7. The number of carbonyl (C=O) groups excluding carboxylic acids is 2. The van der Waals surface area contributed by atoms with Crippen LogP contribution in [0.5, 0.6) is 0 Å². The van der Waals surface area contributed by atoms with Gasteiger partial charge < -0.3 is 14.7 Å². The molecule has 0 aliphatic carbocycles. The van der Waals surface area contributed by atoms with Gasteiger partial charge in [-0.3, -0.25) is 14.3 Å². The minimum absolute atomic E-state index is 0.0736. The number of hydrogen-bond acceptors (Lipinski definition) is 5. The third-order valence-corrected chi connectivity index (χ3v) is 5.91. The van der Waals surface area contributed by atoms with Gasteiger partial charge in [-0.15, -0.1) is 0 Å². The van der Waals surface area contributed by atoms with E-state index in [0.29, 0.717) is 24.0 Å². The lowest BCUT2D eigenvalue weighted by Gasteiger charge is -2.26. The first kappa shape index (κ1) is 25.5. The molecule has 3 heterocycles. The molecule has 182 valence electrons. The first-order chi connectivity index (χ1) is 16.3. The molecule has 9 heteroatoms. The van der Waals surface area contributed by atoms with Crippen LogP contribution in [0.25, 0.3) is 11.3 Å². The number of nitrogens with one attached hydrogen (secondary N) is 1. The van der Waals surface area contributed by atoms with Crippen molar-refractivity contribution in [2.75, 3.05) is 6.54 Å². The Morgan fingerprint density at radius 3 is 2.50 bits per heavy atom. The highest BCUT2D eigenvalue weighted by molar-refractivity contribution is 6.29. The van der Waals surface area contributed by atoms with E-state index >= 15 is 0 Å². The number of likely N-dealkylation sites (tertiary alicyclic amines) is 1. The standard InChI is InChI=1S/C22H29ClN4O2.C3H3NO/c1-14(2)12-21(28)27-11-5-6-18(27)22(29)24-15(3)16-7-9-17(10-8-16)19-13-20(23)25-26(19)4;1-2-4-5-3-1/h7-10,13-15,18H,5-6,11-12H2,1-4H3,(H,24,29);1-3H. The summed E-state index contributed by atoms with van der Waals surface area (Å²) in [6, 6.07) is 11.0. The topological polar surface area (TPSA) is 93.3 Å². The summed E-state index contributed by atoms with van der Waals surface area (Å²) in [6.07, 6.45) is 5.18. The van der Waals surface area contributed by atoms with Gasteiger partial charge in [-0.25, -0.2) is 0 Å². The number of aryl methyl sites for hydroxylation is 1. The zero-order valence-electron chi connectivity index (χ0n) is 20.1. The Morgan fingerprint density at radius 1 is 1.24 bits per heavy atom. The summed E-state index contributed by atoms with van der Waals surface area (Å²) in [6.45, 7) is 6.67. The summed E-state index contributed by atoms with van der Waals surface area (Å²) in [5, 5.41) is 11.0. The molecule has 2 atom stereocenters. The highest BCUT2D eigenvalue weighted by atomic mass is 35.5. The number of nitrogens with zero attached hydrogens (tertiary/aromatic N) is 4. The first-order valence-electron chi connectivity index (χ1n) is 11.5. The molecule has 2 unspecified atom stereocenters. The first-order valence-corrected chi connectivity index (χ1v) is 11.9. The molecule has 1 N–H and O–H groups in total. The highest BCUT2D eigenvalue weighted by Gasteiger charge is 2.34. The van der Waals surface area contributed by atoms with E-state index < -0.39 is 0 Å². The summed E-state index contributed by atoms with van der Waals surface area (Å²) in [5.74, 6) is 0.289. The van der Waals surface area contributed by atoms with Crippen molar-refractivity contribution in [2.45, 2.75) is 52.1 Å². The van der Waals surface area contributed by atoms with Gasteiger partial charge in [0.25, 0.3) is 0 Å². The summed E-state index contributed by atoms with van der Waals surface area (Å²) in [5.41, 5.74) is 2.95. The molecule has 0 bridgehead atoms. The van der Waals surface area contributed by atoms with Gasteiger partial charge in [-0.2, -0.15) is 5.10 Å². The maximum absolute atomic E-state index is 12.8. The maximum Gasteiger partial charge on any atom is 0.243 e. The lowest BCUT2D eigenvalue weighted by Crippen LogP contribution is -2.46. The zero-order valence-corrected chi connectivity index (χ0v) is 20.8. The van der Waals surface area contributed by atoms with E-state index in [9.17, 15) is 9.59 Å². The summed E-state index contributed by atoms with van der Waals surface area (Å²) >= 11 is 5.97. The second-order valence-electron chi connectivity index (χ2n) is 8.86. The van der Waals surface area contributed by atoms with Crippen LogP contribution in [0.15, 0.2) is 53.4 Å². The molecule has 0 spiro atoms. The number of hydrogen-bond donors (Lipinski definition) is 1. The number of carbonyl (C=O) groups is 2. The normalized spacial score (nSPS) is 16.2. The molecule has 3 aromatic rings. The maximum atomic E-state index is 12.8. The molecule has 0 radical (unpaired) electrons. The summed E-state index contributed by atoms with van der Waals surface area (Å²) in [4.78, 5) is 27.0. The fourth-order valence-corrected chi connectivity index (χ4v) is 4.23. The molecule has 1 saturated heterocycles. The van der Waals surface area contributed by atoms with Crippen molar-refractivity contribution >= 4 is 23.4 Å². The van der Waals surface area contributed by atoms with Crippen LogP contribution in [0.4, 0.5) is 0 Å². The Kier molecular flexibility index (Phi) is 8.87. The molecule has 8 nitrogen and oxygen atoms in total. The second-order valence-corrected chi connectivity index (χ2v) is 9.25. The largest absolute Gasteiger partial charge is 0.365 e. The number of benzene rings is 1. The molecule has 1 aromatic carbocycles. The molecular weight excluding hydrogens is 454 g/mol. The van der Waals surface area contributed by atoms with Crippen LogP contribution in [0.2, 0.25) is 5.15 Å². The Hall–Kier alpha value is -3.13. The smallest absolute Gasteiger partial charge is 0.243 e. The van der Waals surface area contributed by atoms with Gasteiger partial charge in [0.15, 0.2) is 5.15 Å². The van der Waals surface area contributed by atoms with Crippen LogP contribution in [0, 0.1) is 5.92 Å². The van der Waals surface area contributed by atoms with Crippen LogP contribution in [0.3, 0.4) is 0 Å². The second kappa shape index (κ2) is 11.8. The predicted molar refractivity (Wildman–Crippen MR) is 131 cm³/mol. The third kappa shape index (κ3) is 6.70. The molecule has 2 amide bonds. The van der Waals surface area contributed by atoms with Crippen molar-refractivity contribution in [1.82, 2.24) is 25.2 Å². The predicted octanol–water partition coefficient (Wildman–Crippen LogP) is 4.63. The van der Waals surface area contributed by atoms with Crippen molar-refractivity contribution in [3.05, 3.63) is 59.6 Å². The number of halogens is 1. The van der Waals surface area contributed by atoms with Crippen LogP contribution < -0.4 is 5.32 Å². The molecule has 1 aliphatic heterocycles. The fraction of sp³-hybridized carbons (Fsp3) is 0.440. The van der Waals surface area contributed by atoms with E-state index in [1.54, 1.807) is 21.8 Å². The average Bonchev–Trinajstić information content (AvgIpc) is 3.56. The monoisotopic (exact) mass is 485 g/mol. The van der Waals surface area contributed by atoms with E-state index in [0.717, 1.165) is 29.7 Å². The molecule has 1 aliphatic rings. The van der Waals surface area contributed by atoms with Crippen molar-refractivity contribution in [3.8, 4) is 11.3 Å². The quantitative estimate of drug-likeness (QED) is 0.549. The van der Waals surface area contributed by atoms with Crippen LogP contribution >= 0.6 is 11.6 Å². The molecule has 1 fully saturated rings. The minimum atomic E-state index is -0.362. The molecule has 34 heavy (non-hydrogen) atoms. The summed E-state index contributed by atoms with van der Waals surface area (Å²) in [7, 11) is 1.85. The van der Waals surface area contributed by atoms with Crippen molar-refractivity contribution in [1.29, 1.82) is 0 Å². The molecule has 0 saturated carbocycles. The van der Waals surface area contributed by atoms with Gasteiger partial charge in [-0.05, 0) is 42.9 Å². The third-order valence-electron chi connectivity index (χ3n) is 5.72. The Morgan fingerprint density at radius 2 is 1.97 bits per heavy atom. The van der Waals surface area contributed by atoms with Crippen molar-refractivity contribution in [3.63, 3.8) is 0 Å². The van der Waals surface area contributed by atoms with Crippen LogP contribution in [-0.4, -0.2) is 44.2 Å². The van der Waals surface area contributed by atoms with Gasteiger partial charge >= 0.3 is 0 Å². The lowest BCUT2D eigenvalue weighted by molar-refractivity contribution is -0.139. The number of rotatable bonds is 6. The van der Waals surface area contributed by atoms with E-state index in [1.807, 2.05) is 58.2 Å². The summed E-state index contributed by atoms with van der Waals surface area (Å²) < 4.78 is 6.07. The van der Waals surface area contributed by atoms with Crippen LogP contribution in [0.1, 0.15) is 51.6 Å². The van der Waals surface area contributed by atoms with E-state index in [2.05, 4.69) is 20.1 Å². The highest BCUT2D eigenvalue weighted by Crippen LogP contribution is 2.25. The Labute approximate surface area is 205 Å². The van der Waals surface area contributed by atoms with Gasteiger partial charge in [0.2, 0.25) is 11.8 Å². The minimum Gasteiger partial charge on any atom is -0.365 e. The number of amides is 2. The average molecular weight is 486 g/mol. The van der Waals surface area contributed by atoms with Gasteiger partial charge in [0.05, 0.1) is 17.9 Å². The van der Waals surface area contributed by atoms with E-state index in [1.165, 1.54) is 6.26 Å². The van der Waals surface area contributed by atoms with Gasteiger partial charge in [-0.1, -0.05) is 54.9 Å².